The van der Waals surface area contributed by atoms with E-state index in [-0.39, 0.29) is 5.91 Å². The van der Waals surface area contributed by atoms with Crippen LogP contribution in [-0.4, -0.2) is 24.6 Å². The molecule has 0 spiro atoms. The van der Waals surface area contributed by atoms with Crippen LogP contribution in [0.4, 0.5) is 0 Å². The van der Waals surface area contributed by atoms with E-state index in [2.05, 4.69) is 16.8 Å². The topological polar surface area (TPSA) is 43.3 Å². The Balaban J connectivity index is 2.79. The first-order valence-corrected chi connectivity index (χ1v) is 6.01. The number of aryl methyl sites for hydroxylation is 1. The number of nitrogens with one attached hydrogen (secondary N) is 1. The summed E-state index contributed by atoms with van der Waals surface area (Å²) in [6, 6.07) is 5.78. The van der Waals surface area contributed by atoms with Crippen molar-refractivity contribution in [3.05, 3.63) is 29.5 Å². The number of amides is 1. The van der Waals surface area contributed by atoms with Gasteiger partial charge in [-0.05, 0) is 18.6 Å². The van der Waals surface area contributed by atoms with Crippen molar-refractivity contribution in [3.63, 3.8) is 0 Å². The van der Waals surface area contributed by atoms with Crippen molar-refractivity contribution in [1.82, 2.24) is 9.88 Å². The molecule has 1 aromatic heterocycles. The zero-order valence-corrected chi connectivity index (χ0v) is 11.2. The highest BCUT2D eigenvalue weighted by atomic mass is 16.5. The maximum absolute atomic E-state index is 12.0. The molecule has 4 nitrogen and oxygen atoms in total. The molecule has 1 aromatic carbocycles. The summed E-state index contributed by atoms with van der Waals surface area (Å²) in [4.78, 5) is 12.0. The lowest BCUT2D eigenvalue weighted by Crippen LogP contribution is -2.19. The van der Waals surface area contributed by atoms with Crippen molar-refractivity contribution in [2.75, 3.05) is 14.2 Å². The molecular weight excluding hydrogens is 228 g/mol. The van der Waals surface area contributed by atoms with Gasteiger partial charge < -0.3 is 14.6 Å². The Bertz CT molecular complexity index is 599. The number of carbonyl (C=O) groups is 1. The van der Waals surface area contributed by atoms with Crippen molar-refractivity contribution >= 4 is 16.8 Å². The zero-order chi connectivity index (χ0) is 13.3. The molecule has 0 aliphatic carbocycles. The van der Waals surface area contributed by atoms with Crippen molar-refractivity contribution in [3.8, 4) is 5.75 Å². The van der Waals surface area contributed by atoms with Crippen molar-refractivity contribution < 1.29 is 9.53 Å². The van der Waals surface area contributed by atoms with Gasteiger partial charge in [-0.15, -0.1) is 0 Å². The maximum atomic E-state index is 12.0. The molecule has 0 unspecified atom stereocenters. The second-order valence-corrected chi connectivity index (χ2v) is 4.20. The highest BCUT2D eigenvalue weighted by molar-refractivity contribution is 6.08. The minimum atomic E-state index is -0.0392. The van der Waals surface area contributed by atoms with Crippen LogP contribution in [-0.2, 0) is 13.5 Å². The van der Waals surface area contributed by atoms with Crippen molar-refractivity contribution in [2.24, 2.45) is 7.05 Å². The fourth-order valence-electron chi connectivity index (χ4n) is 2.39. The highest BCUT2D eigenvalue weighted by Crippen LogP contribution is 2.29. The summed E-state index contributed by atoms with van der Waals surface area (Å²) in [5.41, 5.74) is 2.82. The Labute approximate surface area is 107 Å². The first-order valence-electron chi connectivity index (χ1n) is 6.01. The quantitative estimate of drug-likeness (QED) is 0.901. The number of hydrogen-bond acceptors (Lipinski definition) is 2. The predicted molar refractivity (Wildman–Crippen MR) is 72.2 cm³/mol. The molecule has 2 aromatic rings. The largest absolute Gasteiger partial charge is 0.497 e. The Morgan fingerprint density at radius 2 is 2.17 bits per heavy atom. The van der Waals surface area contributed by atoms with Gasteiger partial charge in [0.1, 0.15) is 5.75 Å². The van der Waals surface area contributed by atoms with E-state index >= 15 is 0 Å². The molecule has 1 heterocycles. The minimum Gasteiger partial charge on any atom is -0.497 e. The van der Waals surface area contributed by atoms with Gasteiger partial charge in [0.15, 0.2) is 0 Å². The lowest BCUT2D eigenvalue weighted by Gasteiger charge is -2.03. The Morgan fingerprint density at radius 3 is 2.72 bits per heavy atom. The van der Waals surface area contributed by atoms with Crippen LogP contribution in [0, 0.1) is 0 Å². The molecule has 0 aliphatic heterocycles. The van der Waals surface area contributed by atoms with Crippen molar-refractivity contribution in [2.45, 2.75) is 13.3 Å². The standard InChI is InChI=1S/C14H18N2O2/c1-5-11-13(14(17)15-2)10-7-6-9(18-4)8-12(10)16(11)3/h6-8H,5H2,1-4H3,(H,15,17). The number of aromatic nitrogens is 1. The van der Waals surface area contributed by atoms with E-state index in [1.165, 1.54) is 0 Å². The number of fused-ring (bicyclic) bond motifs is 1. The minimum absolute atomic E-state index is 0.0392. The summed E-state index contributed by atoms with van der Waals surface area (Å²) in [6.07, 6.45) is 0.816. The Hall–Kier alpha value is -1.97. The van der Waals surface area contributed by atoms with Gasteiger partial charge in [-0.2, -0.15) is 0 Å². The molecular formula is C14H18N2O2. The first kappa shape index (κ1) is 12.5. The van der Waals surface area contributed by atoms with Gasteiger partial charge in [-0.25, -0.2) is 0 Å². The number of nitrogens with zero attached hydrogens (tertiary/aromatic N) is 1. The summed E-state index contributed by atoms with van der Waals surface area (Å²) in [5.74, 6) is 0.761. The predicted octanol–water partition coefficient (Wildman–Crippen LogP) is 2.11. The normalized spacial score (nSPS) is 10.7. The van der Waals surface area contributed by atoms with Gasteiger partial charge >= 0.3 is 0 Å². The van der Waals surface area contributed by atoms with E-state index < -0.39 is 0 Å². The Morgan fingerprint density at radius 1 is 1.44 bits per heavy atom. The van der Waals surface area contributed by atoms with Crippen LogP contribution >= 0.6 is 0 Å². The molecule has 0 radical (unpaired) electrons. The zero-order valence-electron chi connectivity index (χ0n) is 11.2. The van der Waals surface area contributed by atoms with Gasteiger partial charge in [0.05, 0.1) is 18.2 Å². The number of benzene rings is 1. The monoisotopic (exact) mass is 246 g/mol. The highest BCUT2D eigenvalue weighted by Gasteiger charge is 2.19. The molecule has 2 rings (SSSR count). The molecule has 1 amide bonds. The van der Waals surface area contributed by atoms with E-state index in [9.17, 15) is 4.79 Å². The summed E-state index contributed by atoms with van der Waals surface area (Å²) in [7, 11) is 5.28. The van der Waals surface area contributed by atoms with E-state index in [4.69, 9.17) is 4.74 Å². The van der Waals surface area contributed by atoms with Gasteiger partial charge in [0.2, 0.25) is 0 Å². The van der Waals surface area contributed by atoms with E-state index in [1.807, 2.05) is 25.2 Å². The second-order valence-electron chi connectivity index (χ2n) is 4.20. The first-order chi connectivity index (χ1) is 8.63. The summed E-state index contributed by atoms with van der Waals surface area (Å²) >= 11 is 0. The fourth-order valence-corrected chi connectivity index (χ4v) is 2.39. The maximum Gasteiger partial charge on any atom is 0.253 e. The molecule has 0 saturated carbocycles. The summed E-state index contributed by atoms with van der Waals surface area (Å²) in [5, 5.41) is 3.67. The SMILES string of the molecule is CCc1c(C(=O)NC)c2ccc(OC)cc2n1C. The van der Waals surface area contributed by atoms with E-state index in [0.717, 1.165) is 34.3 Å². The second kappa shape index (κ2) is 4.72. The number of carbonyl (C=O) groups excluding carboxylic acids is 1. The molecule has 0 atom stereocenters. The lowest BCUT2D eigenvalue weighted by atomic mass is 10.1. The average Bonchev–Trinajstić information content (AvgIpc) is 2.70. The summed E-state index contributed by atoms with van der Waals surface area (Å²) < 4.78 is 7.29. The molecule has 4 heteroatoms. The molecule has 0 aliphatic rings. The average molecular weight is 246 g/mol. The van der Waals surface area contributed by atoms with Crippen LogP contribution in [0.5, 0.6) is 5.75 Å². The molecule has 96 valence electrons. The van der Waals surface area contributed by atoms with Gasteiger partial charge in [0, 0.05) is 31.2 Å². The third kappa shape index (κ3) is 1.74. The van der Waals surface area contributed by atoms with E-state index in [1.54, 1.807) is 14.2 Å². The number of methoxy groups -OCH3 is 1. The molecule has 18 heavy (non-hydrogen) atoms. The molecule has 1 N–H and O–H groups in total. The van der Waals surface area contributed by atoms with E-state index in [0.29, 0.717) is 0 Å². The van der Waals surface area contributed by atoms with Crippen molar-refractivity contribution in [1.29, 1.82) is 0 Å². The molecule has 0 bridgehead atoms. The van der Waals surface area contributed by atoms with Crippen LogP contribution in [0.2, 0.25) is 0 Å². The van der Waals surface area contributed by atoms with Crippen LogP contribution in [0.25, 0.3) is 10.9 Å². The number of rotatable bonds is 3. The third-order valence-electron chi connectivity index (χ3n) is 3.32. The molecule has 0 saturated heterocycles. The van der Waals surface area contributed by atoms with Gasteiger partial charge in [-0.3, -0.25) is 4.79 Å². The number of hydrogen-bond donors (Lipinski definition) is 1. The third-order valence-corrected chi connectivity index (χ3v) is 3.32. The Kier molecular flexibility index (Phi) is 3.28. The fraction of sp³-hybridized carbons (Fsp3) is 0.357. The van der Waals surface area contributed by atoms with Crippen LogP contribution < -0.4 is 10.1 Å². The van der Waals surface area contributed by atoms with Crippen LogP contribution in [0.15, 0.2) is 18.2 Å². The number of ether oxygens (including phenoxy) is 1. The van der Waals surface area contributed by atoms with Crippen LogP contribution in [0.1, 0.15) is 23.0 Å². The van der Waals surface area contributed by atoms with Gasteiger partial charge in [-0.1, -0.05) is 6.92 Å². The van der Waals surface area contributed by atoms with Crippen LogP contribution in [0.3, 0.4) is 0 Å². The smallest absolute Gasteiger partial charge is 0.253 e. The summed E-state index contributed by atoms with van der Waals surface area (Å²) in [6.45, 7) is 2.05. The lowest BCUT2D eigenvalue weighted by molar-refractivity contribution is 0.0963. The molecule has 0 fully saturated rings. The van der Waals surface area contributed by atoms with Gasteiger partial charge in [0.25, 0.3) is 5.91 Å².